The molecule has 0 spiro atoms. The zero-order valence-electron chi connectivity index (χ0n) is 16.2. The van der Waals surface area contributed by atoms with Gasteiger partial charge in [-0.25, -0.2) is 4.98 Å². The molecule has 0 bridgehead atoms. The lowest BCUT2D eigenvalue weighted by Gasteiger charge is -2.19. The fraction of sp³-hybridized carbons (Fsp3) is 0.429. The number of rotatable bonds is 7. The van der Waals surface area contributed by atoms with E-state index in [0.717, 1.165) is 60.4 Å². The molecule has 5 nitrogen and oxygen atoms in total. The number of quaternary nitrogens is 1. The second-order valence-electron chi connectivity index (χ2n) is 7.19. The van der Waals surface area contributed by atoms with E-state index in [1.54, 1.807) is 0 Å². The predicted molar refractivity (Wildman–Crippen MR) is 107 cm³/mol. The molecule has 0 aliphatic carbocycles. The summed E-state index contributed by atoms with van der Waals surface area (Å²) in [5.74, 6) is 1.10. The molecule has 3 aromatic rings. The molecule has 1 aromatic carbocycles. The van der Waals surface area contributed by atoms with E-state index >= 15 is 0 Å². The first-order valence-corrected chi connectivity index (χ1v) is 9.44. The van der Waals surface area contributed by atoms with Gasteiger partial charge in [0, 0.05) is 0 Å². The van der Waals surface area contributed by atoms with E-state index in [9.17, 15) is 5.26 Å². The number of nitriles is 1. The predicted octanol–water partition coefficient (Wildman–Crippen LogP) is 2.57. The number of fused-ring (bicyclic) bond motifs is 3. The Balaban J connectivity index is 2.28. The standard InChI is InChI=1S/C21H27N5/c1-5-6-9-16-15(2)17(14-22)21-24-18-10-7-8-11-19(18)26(21)20(16)23-12-13-25(3)4/h7-8,10-11,23H,5-6,9,12-13H2,1-4H3/p+1. The maximum absolute atomic E-state index is 9.80. The van der Waals surface area contributed by atoms with Gasteiger partial charge in [0.2, 0.25) is 0 Å². The van der Waals surface area contributed by atoms with E-state index in [1.165, 1.54) is 10.5 Å². The van der Waals surface area contributed by atoms with Crippen LogP contribution in [0.25, 0.3) is 16.7 Å². The number of anilines is 1. The monoisotopic (exact) mass is 350 g/mol. The van der Waals surface area contributed by atoms with Crippen LogP contribution in [0, 0.1) is 18.3 Å². The molecule has 5 heteroatoms. The third-order valence-corrected chi connectivity index (χ3v) is 4.93. The van der Waals surface area contributed by atoms with Gasteiger partial charge in [-0.05, 0) is 43.0 Å². The average Bonchev–Trinajstić information content (AvgIpc) is 3.00. The molecule has 2 N–H and O–H groups in total. The summed E-state index contributed by atoms with van der Waals surface area (Å²) in [6.07, 6.45) is 3.21. The highest BCUT2D eigenvalue weighted by molar-refractivity contribution is 5.86. The average molecular weight is 350 g/mol. The number of para-hydroxylation sites is 2. The van der Waals surface area contributed by atoms with Crippen LogP contribution in [0.2, 0.25) is 0 Å². The van der Waals surface area contributed by atoms with Gasteiger partial charge < -0.3 is 10.2 Å². The minimum absolute atomic E-state index is 0.691. The van der Waals surface area contributed by atoms with Crippen molar-refractivity contribution in [1.82, 2.24) is 9.38 Å². The third-order valence-electron chi connectivity index (χ3n) is 4.93. The second kappa shape index (κ2) is 7.76. The Morgan fingerprint density at radius 2 is 2.04 bits per heavy atom. The van der Waals surface area contributed by atoms with Gasteiger partial charge in [-0.2, -0.15) is 5.26 Å². The molecule has 0 radical (unpaired) electrons. The molecule has 26 heavy (non-hydrogen) atoms. The van der Waals surface area contributed by atoms with Crippen molar-refractivity contribution in [3.05, 3.63) is 41.0 Å². The smallest absolute Gasteiger partial charge is 0.157 e. The summed E-state index contributed by atoms with van der Waals surface area (Å²) in [6.45, 7) is 6.17. The van der Waals surface area contributed by atoms with Crippen molar-refractivity contribution >= 4 is 22.5 Å². The third kappa shape index (κ3) is 3.25. The number of likely N-dealkylation sites (N-methyl/N-ethyl adjacent to an activating group) is 1. The summed E-state index contributed by atoms with van der Waals surface area (Å²) >= 11 is 0. The lowest BCUT2D eigenvalue weighted by molar-refractivity contribution is -0.856. The lowest BCUT2D eigenvalue weighted by atomic mass is 9.99. The van der Waals surface area contributed by atoms with Crippen molar-refractivity contribution in [3.8, 4) is 6.07 Å². The summed E-state index contributed by atoms with van der Waals surface area (Å²) in [5.41, 5.74) is 5.73. The first kappa shape index (κ1) is 18.2. The van der Waals surface area contributed by atoms with Crippen LogP contribution in [0.1, 0.15) is 36.5 Å². The van der Waals surface area contributed by atoms with Crippen LogP contribution < -0.4 is 10.2 Å². The Morgan fingerprint density at radius 3 is 2.73 bits per heavy atom. The number of hydrogen-bond donors (Lipinski definition) is 2. The van der Waals surface area contributed by atoms with Gasteiger partial charge in [0.15, 0.2) is 5.65 Å². The summed E-state index contributed by atoms with van der Waals surface area (Å²) in [5, 5.41) is 13.5. The maximum Gasteiger partial charge on any atom is 0.157 e. The van der Waals surface area contributed by atoms with Crippen LogP contribution in [0.5, 0.6) is 0 Å². The Bertz CT molecular complexity index is 962. The number of nitrogens with one attached hydrogen (secondary N) is 2. The molecule has 0 unspecified atom stereocenters. The Morgan fingerprint density at radius 1 is 1.27 bits per heavy atom. The fourth-order valence-electron chi connectivity index (χ4n) is 3.46. The zero-order chi connectivity index (χ0) is 18.7. The molecular formula is C21H28N5+. The molecule has 136 valence electrons. The highest BCUT2D eigenvalue weighted by atomic mass is 15.1. The number of pyridine rings is 1. The van der Waals surface area contributed by atoms with E-state index in [1.807, 2.05) is 18.2 Å². The van der Waals surface area contributed by atoms with Crippen LogP contribution in [0.15, 0.2) is 24.3 Å². The fourth-order valence-corrected chi connectivity index (χ4v) is 3.46. The highest BCUT2D eigenvalue weighted by Crippen LogP contribution is 2.31. The molecule has 0 saturated heterocycles. The number of unbranched alkanes of at least 4 members (excludes halogenated alkanes) is 1. The summed E-state index contributed by atoms with van der Waals surface area (Å²) in [7, 11) is 4.32. The first-order chi connectivity index (χ1) is 12.6. The van der Waals surface area contributed by atoms with E-state index in [4.69, 9.17) is 4.98 Å². The zero-order valence-corrected chi connectivity index (χ0v) is 16.2. The molecule has 0 aliphatic heterocycles. The maximum atomic E-state index is 9.80. The van der Waals surface area contributed by atoms with Gasteiger partial charge in [-0.3, -0.25) is 4.40 Å². The number of nitrogens with zero attached hydrogens (tertiary/aromatic N) is 3. The molecular weight excluding hydrogens is 322 g/mol. The number of aromatic nitrogens is 2. The van der Waals surface area contributed by atoms with Crippen molar-refractivity contribution in [1.29, 1.82) is 5.26 Å². The summed E-state index contributed by atoms with van der Waals surface area (Å²) in [6, 6.07) is 10.5. The largest absolute Gasteiger partial charge is 0.365 e. The van der Waals surface area contributed by atoms with Gasteiger partial charge in [-0.15, -0.1) is 0 Å². The van der Waals surface area contributed by atoms with Gasteiger partial charge in [0.25, 0.3) is 0 Å². The summed E-state index contributed by atoms with van der Waals surface area (Å²) in [4.78, 5) is 6.17. The van der Waals surface area contributed by atoms with Crippen molar-refractivity contribution in [2.45, 2.75) is 33.1 Å². The molecule has 0 fully saturated rings. The first-order valence-electron chi connectivity index (χ1n) is 9.44. The van der Waals surface area contributed by atoms with Gasteiger partial charge in [0.1, 0.15) is 11.9 Å². The van der Waals surface area contributed by atoms with Crippen LogP contribution >= 0.6 is 0 Å². The van der Waals surface area contributed by atoms with Crippen LogP contribution in [-0.4, -0.2) is 36.6 Å². The van der Waals surface area contributed by atoms with Crippen LogP contribution in [-0.2, 0) is 6.42 Å². The van der Waals surface area contributed by atoms with Gasteiger partial charge in [-0.1, -0.05) is 25.5 Å². The molecule has 0 aliphatic rings. The van der Waals surface area contributed by atoms with Crippen LogP contribution in [0.3, 0.4) is 0 Å². The van der Waals surface area contributed by atoms with Gasteiger partial charge >= 0.3 is 0 Å². The molecule has 2 aromatic heterocycles. The molecule has 0 amide bonds. The Hall–Kier alpha value is -2.58. The van der Waals surface area contributed by atoms with Crippen molar-refractivity contribution in [3.63, 3.8) is 0 Å². The summed E-state index contributed by atoms with van der Waals surface area (Å²) < 4.78 is 2.15. The van der Waals surface area contributed by atoms with E-state index in [0.29, 0.717) is 5.56 Å². The number of benzene rings is 1. The van der Waals surface area contributed by atoms with Crippen molar-refractivity contribution < 1.29 is 4.90 Å². The Kier molecular flexibility index (Phi) is 5.43. The van der Waals surface area contributed by atoms with E-state index in [2.05, 4.69) is 49.8 Å². The molecule has 3 rings (SSSR count). The minimum Gasteiger partial charge on any atom is -0.365 e. The SMILES string of the molecule is CCCCc1c(C)c(C#N)c2nc3ccccc3n2c1NCC[NH+](C)C. The molecule has 0 saturated carbocycles. The van der Waals surface area contributed by atoms with Crippen molar-refractivity contribution in [2.24, 2.45) is 0 Å². The Labute approximate surface area is 155 Å². The number of imidazole rings is 1. The molecule has 0 atom stereocenters. The quantitative estimate of drug-likeness (QED) is 0.688. The van der Waals surface area contributed by atoms with E-state index < -0.39 is 0 Å². The number of hydrogen-bond acceptors (Lipinski definition) is 3. The minimum atomic E-state index is 0.691. The van der Waals surface area contributed by atoms with Crippen molar-refractivity contribution in [2.75, 3.05) is 32.5 Å². The van der Waals surface area contributed by atoms with Gasteiger partial charge in [0.05, 0.1) is 43.8 Å². The topological polar surface area (TPSA) is 57.6 Å². The normalized spacial score (nSPS) is 11.4. The van der Waals surface area contributed by atoms with Crippen LogP contribution in [0.4, 0.5) is 5.82 Å². The van der Waals surface area contributed by atoms with E-state index in [-0.39, 0.29) is 0 Å². The second-order valence-corrected chi connectivity index (χ2v) is 7.19. The highest BCUT2D eigenvalue weighted by Gasteiger charge is 2.20. The lowest BCUT2D eigenvalue weighted by Crippen LogP contribution is -3.06. The molecule has 2 heterocycles.